The van der Waals surface area contributed by atoms with Crippen molar-refractivity contribution in [3.8, 4) is 0 Å². The number of hydrogen-bond donors (Lipinski definition) is 2. The molecule has 0 radical (unpaired) electrons. The molecule has 0 aliphatic rings. The maximum Gasteiger partial charge on any atom is 0.417 e. The van der Waals surface area contributed by atoms with Crippen LogP contribution in [0.15, 0.2) is 12.2 Å². The number of carboxylic acid groups (broad SMARTS) is 2. The van der Waals surface area contributed by atoms with Gasteiger partial charge in [-0.2, -0.15) is 0 Å². The van der Waals surface area contributed by atoms with Crippen molar-refractivity contribution in [2.75, 3.05) is 6.61 Å². The van der Waals surface area contributed by atoms with Gasteiger partial charge in [-0.3, -0.25) is 0 Å². The van der Waals surface area contributed by atoms with Crippen molar-refractivity contribution in [2.24, 2.45) is 0 Å². The first kappa shape index (κ1) is 12.2. The van der Waals surface area contributed by atoms with Gasteiger partial charge in [0.15, 0.2) is 0 Å². The Balaban J connectivity index is 3.57. The molecule has 78 valence electrons. The van der Waals surface area contributed by atoms with Crippen LogP contribution in [0.4, 0.5) is 0 Å². The minimum absolute atomic E-state index is 0.00336. The molecule has 0 aliphatic carbocycles. The lowest BCUT2D eigenvalue weighted by Gasteiger charge is -2.01. The molecule has 0 bridgehead atoms. The third-order valence-electron chi connectivity index (χ3n) is 1.33. The van der Waals surface area contributed by atoms with E-state index in [0.717, 1.165) is 0 Å². The van der Waals surface area contributed by atoms with Crippen LogP contribution in [0, 0.1) is 0 Å². The number of aliphatic carboxylic acids is 2. The number of rotatable bonds is 5. The van der Waals surface area contributed by atoms with Gasteiger partial charge in [0.05, 0.1) is 6.61 Å². The summed E-state index contributed by atoms with van der Waals surface area (Å²) in [6.07, 6.45) is 0.395. The topological polar surface area (TPSA) is 101 Å². The Hall–Kier alpha value is -1.85. The number of carboxylic acids is 2. The van der Waals surface area contributed by atoms with E-state index in [1.807, 2.05) is 0 Å². The van der Waals surface area contributed by atoms with Gasteiger partial charge in [-0.1, -0.05) is 6.58 Å². The van der Waals surface area contributed by atoms with Crippen LogP contribution in [0.1, 0.15) is 12.8 Å². The molecule has 0 unspecified atom stereocenters. The summed E-state index contributed by atoms with van der Waals surface area (Å²) in [4.78, 5) is 30.5. The average molecular weight is 202 g/mol. The molecule has 0 aromatic heterocycles. The summed E-state index contributed by atoms with van der Waals surface area (Å²) >= 11 is 0. The van der Waals surface area contributed by atoms with Crippen molar-refractivity contribution in [3.63, 3.8) is 0 Å². The van der Waals surface area contributed by atoms with E-state index < -0.39 is 17.9 Å². The second kappa shape index (κ2) is 5.74. The van der Waals surface area contributed by atoms with Crippen LogP contribution in [-0.2, 0) is 19.1 Å². The predicted molar refractivity (Wildman–Crippen MR) is 44.6 cm³/mol. The number of esters is 1. The summed E-state index contributed by atoms with van der Waals surface area (Å²) in [6.45, 7) is 3.12. The van der Waals surface area contributed by atoms with E-state index in [0.29, 0.717) is 0 Å². The van der Waals surface area contributed by atoms with Gasteiger partial charge in [-0.05, 0) is 12.8 Å². The number of ether oxygens (including phenoxy) is 1. The van der Waals surface area contributed by atoms with Crippen LogP contribution in [0.3, 0.4) is 0 Å². The Morgan fingerprint density at radius 2 is 1.71 bits per heavy atom. The SMILES string of the molecule is C=C(CCCOC(=O)C(=O)O)C(=O)O. The fourth-order valence-electron chi connectivity index (χ4n) is 0.619. The van der Waals surface area contributed by atoms with Crippen molar-refractivity contribution in [1.29, 1.82) is 0 Å². The monoisotopic (exact) mass is 202 g/mol. The fourth-order valence-corrected chi connectivity index (χ4v) is 0.619. The Kier molecular flexibility index (Phi) is 4.98. The Bertz CT molecular complexity index is 239. The maximum atomic E-state index is 10.4. The zero-order valence-corrected chi connectivity index (χ0v) is 7.36. The standard InChI is InChI=1S/C8H10O6/c1-5(6(9)10)3-2-4-14-8(13)7(11)12/h1-4H2,(H,9,10)(H,11,12). The molecular weight excluding hydrogens is 192 g/mol. The lowest BCUT2D eigenvalue weighted by atomic mass is 10.2. The molecule has 0 rings (SSSR count). The van der Waals surface area contributed by atoms with Crippen LogP contribution in [0.25, 0.3) is 0 Å². The molecule has 6 heteroatoms. The van der Waals surface area contributed by atoms with Gasteiger partial charge in [0, 0.05) is 5.57 Å². The highest BCUT2D eigenvalue weighted by Crippen LogP contribution is 2.02. The summed E-state index contributed by atoms with van der Waals surface area (Å²) in [7, 11) is 0. The largest absolute Gasteiger partial charge is 0.478 e. The van der Waals surface area contributed by atoms with Crippen LogP contribution in [0.5, 0.6) is 0 Å². The van der Waals surface area contributed by atoms with E-state index in [1.54, 1.807) is 0 Å². The van der Waals surface area contributed by atoms with Gasteiger partial charge < -0.3 is 14.9 Å². The highest BCUT2D eigenvalue weighted by Gasteiger charge is 2.12. The molecular formula is C8H10O6. The van der Waals surface area contributed by atoms with Crippen LogP contribution >= 0.6 is 0 Å². The smallest absolute Gasteiger partial charge is 0.417 e. The van der Waals surface area contributed by atoms with Crippen molar-refractivity contribution < 1.29 is 29.3 Å². The van der Waals surface area contributed by atoms with E-state index in [9.17, 15) is 14.4 Å². The highest BCUT2D eigenvalue weighted by molar-refractivity contribution is 6.28. The molecule has 0 saturated carbocycles. The van der Waals surface area contributed by atoms with Crippen LogP contribution < -0.4 is 0 Å². The lowest BCUT2D eigenvalue weighted by Crippen LogP contribution is -2.17. The first-order valence-electron chi connectivity index (χ1n) is 3.76. The molecule has 0 atom stereocenters. The molecule has 0 spiro atoms. The fraction of sp³-hybridized carbons (Fsp3) is 0.375. The van der Waals surface area contributed by atoms with Crippen molar-refractivity contribution in [2.45, 2.75) is 12.8 Å². The number of carbonyl (C=O) groups is 3. The van der Waals surface area contributed by atoms with E-state index in [4.69, 9.17) is 10.2 Å². The molecule has 0 aromatic carbocycles. The molecule has 0 fully saturated rings. The van der Waals surface area contributed by atoms with Gasteiger partial charge >= 0.3 is 17.9 Å². The third kappa shape index (κ3) is 4.91. The maximum absolute atomic E-state index is 10.4. The molecule has 0 aromatic rings. The minimum atomic E-state index is -1.66. The average Bonchev–Trinajstić information content (AvgIpc) is 2.11. The van der Waals surface area contributed by atoms with E-state index >= 15 is 0 Å². The summed E-state index contributed by atoms with van der Waals surface area (Å²) in [6, 6.07) is 0. The summed E-state index contributed by atoms with van der Waals surface area (Å²) < 4.78 is 4.26. The lowest BCUT2D eigenvalue weighted by molar-refractivity contribution is -0.163. The zero-order chi connectivity index (χ0) is 11.1. The molecule has 14 heavy (non-hydrogen) atoms. The second-order valence-electron chi connectivity index (χ2n) is 2.45. The van der Waals surface area contributed by atoms with Gasteiger partial charge in [-0.15, -0.1) is 0 Å². The Morgan fingerprint density at radius 1 is 1.14 bits per heavy atom. The van der Waals surface area contributed by atoms with Crippen molar-refractivity contribution >= 4 is 17.9 Å². The van der Waals surface area contributed by atoms with Gasteiger partial charge in [0.1, 0.15) is 0 Å². The quantitative estimate of drug-likeness (QED) is 0.282. The van der Waals surface area contributed by atoms with E-state index in [-0.39, 0.29) is 25.0 Å². The van der Waals surface area contributed by atoms with Crippen LogP contribution in [0.2, 0.25) is 0 Å². The Labute approximate surface area is 79.8 Å². The zero-order valence-electron chi connectivity index (χ0n) is 7.36. The third-order valence-corrected chi connectivity index (χ3v) is 1.33. The molecule has 0 aliphatic heterocycles. The predicted octanol–water partition coefficient (Wildman–Crippen LogP) is 0.0352. The van der Waals surface area contributed by atoms with Crippen molar-refractivity contribution in [3.05, 3.63) is 12.2 Å². The molecule has 0 saturated heterocycles. The molecule has 0 heterocycles. The summed E-state index contributed by atoms with van der Waals surface area (Å²) in [5.41, 5.74) is -0.00336. The normalized spacial score (nSPS) is 9.14. The van der Waals surface area contributed by atoms with Crippen molar-refractivity contribution in [1.82, 2.24) is 0 Å². The van der Waals surface area contributed by atoms with E-state index in [1.165, 1.54) is 0 Å². The first-order valence-corrected chi connectivity index (χ1v) is 3.76. The van der Waals surface area contributed by atoms with Gasteiger partial charge in [0.2, 0.25) is 0 Å². The minimum Gasteiger partial charge on any atom is -0.478 e. The van der Waals surface area contributed by atoms with Gasteiger partial charge in [-0.25, -0.2) is 14.4 Å². The number of hydrogen-bond acceptors (Lipinski definition) is 4. The molecule has 2 N–H and O–H groups in total. The molecule has 0 amide bonds. The second-order valence-corrected chi connectivity index (χ2v) is 2.45. The van der Waals surface area contributed by atoms with E-state index in [2.05, 4.69) is 11.3 Å². The summed E-state index contributed by atoms with van der Waals surface area (Å²) in [5, 5.41) is 16.5. The molecule has 6 nitrogen and oxygen atoms in total. The number of carbonyl (C=O) groups excluding carboxylic acids is 1. The summed E-state index contributed by atoms with van der Waals surface area (Å²) in [5.74, 6) is -4.12. The highest BCUT2D eigenvalue weighted by atomic mass is 16.6. The first-order chi connectivity index (χ1) is 6.45. The van der Waals surface area contributed by atoms with Crippen LogP contribution in [-0.4, -0.2) is 34.7 Å². The van der Waals surface area contributed by atoms with Gasteiger partial charge in [0.25, 0.3) is 0 Å². The Morgan fingerprint density at radius 3 is 2.14 bits per heavy atom.